The van der Waals surface area contributed by atoms with Crippen LogP contribution >= 0.6 is 0 Å². The molecule has 4 nitrogen and oxygen atoms in total. The zero-order chi connectivity index (χ0) is 10.6. The van der Waals surface area contributed by atoms with Crippen LogP contribution in [0.2, 0.25) is 0 Å². The smallest absolute Gasteiger partial charge is 0.151 e. The Labute approximate surface area is 85.9 Å². The normalized spacial score (nSPS) is 11.1. The zero-order valence-electron chi connectivity index (χ0n) is 8.78. The highest BCUT2D eigenvalue weighted by molar-refractivity contribution is 4.48. The fourth-order valence-corrected chi connectivity index (χ4v) is 1.41. The number of hydroxylamine groups is 1. The van der Waals surface area contributed by atoms with Crippen LogP contribution in [0.4, 0.5) is 0 Å². The third kappa shape index (κ3) is 11.8. The maximum Gasteiger partial charge on any atom is 0.151 e. The van der Waals surface area contributed by atoms with E-state index in [4.69, 9.17) is 15.4 Å². The van der Waals surface area contributed by atoms with Crippen molar-refractivity contribution >= 4 is 0 Å². The van der Waals surface area contributed by atoms with E-state index in [1.807, 2.05) is 0 Å². The van der Waals surface area contributed by atoms with Crippen LogP contribution in [0.5, 0.6) is 0 Å². The Bertz CT molecular complexity index is 110. The molecule has 14 heavy (non-hydrogen) atoms. The Balaban J connectivity index is 2.85. The highest BCUT2D eigenvalue weighted by Gasteiger charge is 1.96. The largest absolute Gasteiger partial charge is 0.368 e. The first-order chi connectivity index (χ1) is 6.77. The van der Waals surface area contributed by atoms with E-state index in [0.29, 0.717) is 13.0 Å². The van der Waals surface area contributed by atoms with Crippen LogP contribution in [0.15, 0.2) is 0 Å². The molecule has 0 saturated heterocycles. The van der Waals surface area contributed by atoms with Gasteiger partial charge in [0.2, 0.25) is 0 Å². The molecule has 0 aromatic rings. The van der Waals surface area contributed by atoms with E-state index in [1.165, 1.54) is 19.3 Å². The number of unbranched alkanes of at least 4 members (excludes halogenated alkanes) is 6. The third-order valence-corrected chi connectivity index (χ3v) is 2.25. The molecule has 0 aliphatic rings. The van der Waals surface area contributed by atoms with Gasteiger partial charge >= 0.3 is 0 Å². The number of aliphatic hydroxyl groups excluding tert-OH is 1. The Morgan fingerprint density at radius 3 is 1.79 bits per heavy atom. The molecule has 0 unspecified atom stereocenters. The standard InChI is InChI=1S/C10H23NO3/c12-10(13)8-6-4-2-1-3-5-7-9-11-14/h10-14H,1-9H2. The summed E-state index contributed by atoms with van der Waals surface area (Å²) in [6.07, 6.45) is 7.07. The van der Waals surface area contributed by atoms with Crippen molar-refractivity contribution in [3.05, 3.63) is 0 Å². The average molecular weight is 205 g/mol. The summed E-state index contributed by atoms with van der Waals surface area (Å²) in [5.74, 6) is 0. The minimum absolute atomic E-state index is 0.494. The van der Waals surface area contributed by atoms with Gasteiger partial charge in [0.1, 0.15) is 0 Å². The van der Waals surface area contributed by atoms with Crippen molar-refractivity contribution in [2.45, 2.75) is 57.7 Å². The van der Waals surface area contributed by atoms with Gasteiger partial charge in [0, 0.05) is 6.54 Å². The number of nitrogens with one attached hydrogen (secondary N) is 1. The van der Waals surface area contributed by atoms with Crippen LogP contribution in [-0.2, 0) is 0 Å². The van der Waals surface area contributed by atoms with Crippen molar-refractivity contribution in [2.75, 3.05) is 6.54 Å². The summed E-state index contributed by atoms with van der Waals surface area (Å²) in [5, 5.41) is 25.4. The predicted molar refractivity (Wildman–Crippen MR) is 55.0 cm³/mol. The van der Waals surface area contributed by atoms with E-state index in [9.17, 15) is 0 Å². The topological polar surface area (TPSA) is 72.7 Å². The van der Waals surface area contributed by atoms with Crippen LogP contribution in [-0.4, -0.2) is 28.3 Å². The van der Waals surface area contributed by atoms with Gasteiger partial charge in [-0.3, -0.25) is 0 Å². The van der Waals surface area contributed by atoms with Crippen molar-refractivity contribution in [1.29, 1.82) is 0 Å². The number of hydrogen-bond donors (Lipinski definition) is 4. The van der Waals surface area contributed by atoms with Gasteiger partial charge in [0.25, 0.3) is 0 Å². The van der Waals surface area contributed by atoms with Crippen LogP contribution in [0.3, 0.4) is 0 Å². The number of aliphatic hydroxyl groups is 2. The highest BCUT2D eigenvalue weighted by Crippen LogP contribution is 2.08. The fraction of sp³-hybridized carbons (Fsp3) is 1.00. The predicted octanol–water partition coefficient (Wildman–Crippen LogP) is 1.40. The van der Waals surface area contributed by atoms with Gasteiger partial charge < -0.3 is 15.4 Å². The molecule has 4 N–H and O–H groups in total. The SMILES string of the molecule is ONCCCCCCCCCC(O)O. The molecule has 0 heterocycles. The Morgan fingerprint density at radius 1 is 0.786 bits per heavy atom. The lowest BCUT2D eigenvalue weighted by molar-refractivity contribution is -0.0466. The molecule has 86 valence electrons. The van der Waals surface area contributed by atoms with Gasteiger partial charge in [0.05, 0.1) is 0 Å². The van der Waals surface area contributed by atoms with Gasteiger partial charge in [0.15, 0.2) is 6.29 Å². The summed E-state index contributed by atoms with van der Waals surface area (Å²) >= 11 is 0. The summed E-state index contributed by atoms with van der Waals surface area (Å²) < 4.78 is 0. The Kier molecular flexibility index (Phi) is 10.8. The van der Waals surface area contributed by atoms with E-state index in [0.717, 1.165) is 25.7 Å². The molecule has 0 bridgehead atoms. The lowest BCUT2D eigenvalue weighted by Gasteiger charge is -2.03. The molecule has 0 spiro atoms. The molecule has 0 atom stereocenters. The summed E-state index contributed by atoms with van der Waals surface area (Å²) in [7, 11) is 0. The summed E-state index contributed by atoms with van der Waals surface area (Å²) in [6.45, 7) is 0.677. The molecule has 0 aromatic carbocycles. The summed E-state index contributed by atoms with van der Waals surface area (Å²) in [5.41, 5.74) is 2.14. The second-order valence-electron chi connectivity index (χ2n) is 3.65. The van der Waals surface area contributed by atoms with Gasteiger partial charge in [-0.2, -0.15) is 0 Å². The molecular weight excluding hydrogens is 182 g/mol. The van der Waals surface area contributed by atoms with Crippen LogP contribution in [0, 0.1) is 0 Å². The number of hydrogen-bond acceptors (Lipinski definition) is 4. The van der Waals surface area contributed by atoms with Crippen molar-refractivity contribution in [3.63, 3.8) is 0 Å². The molecule has 0 aliphatic heterocycles. The molecule has 0 saturated carbocycles. The maximum absolute atomic E-state index is 8.58. The lowest BCUT2D eigenvalue weighted by Crippen LogP contribution is -2.07. The first-order valence-corrected chi connectivity index (χ1v) is 5.50. The van der Waals surface area contributed by atoms with E-state index >= 15 is 0 Å². The molecule has 0 aliphatic carbocycles. The fourth-order valence-electron chi connectivity index (χ4n) is 1.41. The monoisotopic (exact) mass is 205 g/mol. The minimum Gasteiger partial charge on any atom is -0.368 e. The van der Waals surface area contributed by atoms with Crippen LogP contribution in [0.1, 0.15) is 51.4 Å². The Morgan fingerprint density at radius 2 is 1.29 bits per heavy atom. The summed E-state index contributed by atoms with van der Waals surface area (Å²) in [4.78, 5) is 0. The van der Waals surface area contributed by atoms with Crippen molar-refractivity contribution < 1.29 is 15.4 Å². The first-order valence-electron chi connectivity index (χ1n) is 5.50. The molecule has 0 aromatic heterocycles. The van der Waals surface area contributed by atoms with Crippen molar-refractivity contribution in [2.24, 2.45) is 0 Å². The van der Waals surface area contributed by atoms with Gasteiger partial charge in [-0.25, -0.2) is 5.48 Å². The first kappa shape index (κ1) is 13.8. The van der Waals surface area contributed by atoms with Gasteiger partial charge in [-0.05, 0) is 19.3 Å². The molecule has 0 fully saturated rings. The molecule has 0 amide bonds. The quantitative estimate of drug-likeness (QED) is 0.247. The number of rotatable bonds is 10. The van der Waals surface area contributed by atoms with Gasteiger partial charge in [-0.15, -0.1) is 0 Å². The second kappa shape index (κ2) is 10.9. The van der Waals surface area contributed by atoms with E-state index in [1.54, 1.807) is 0 Å². The second-order valence-corrected chi connectivity index (χ2v) is 3.65. The molecule has 0 rings (SSSR count). The minimum atomic E-state index is -1.13. The highest BCUT2D eigenvalue weighted by atomic mass is 16.5. The Hall–Kier alpha value is -0.160. The molecular formula is C10H23NO3. The van der Waals surface area contributed by atoms with Crippen LogP contribution in [0.25, 0.3) is 0 Å². The van der Waals surface area contributed by atoms with Crippen molar-refractivity contribution in [1.82, 2.24) is 5.48 Å². The maximum atomic E-state index is 8.58. The summed E-state index contributed by atoms with van der Waals surface area (Å²) in [6, 6.07) is 0. The molecule has 4 heteroatoms. The third-order valence-electron chi connectivity index (χ3n) is 2.25. The lowest BCUT2D eigenvalue weighted by atomic mass is 10.1. The van der Waals surface area contributed by atoms with E-state index < -0.39 is 6.29 Å². The average Bonchev–Trinajstić information content (AvgIpc) is 2.15. The molecule has 0 radical (unpaired) electrons. The van der Waals surface area contributed by atoms with E-state index in [-0.39, 0.29) is 0 Å². The van der Waals surface area contributed by atoms with Crippen LogP contribution < -0.4 is 5.48 Å². The van der Waals surface area contributed by atoms with Crippen molar-refractivity contribution in [3.8, 4) is 0 Å². The zero-order valence-corrected chi connectivity index (χ0v) is 8.78. The van der Waals surface area contributed by atoms with E-state index in [2.05, 4.69) is 5.48 Å². The van der Waals surface area contributed by atoms with Gasteiger partial charge in [-0.1, -0.05) is 32.1 Å².